The Labute approximate surface area is 394 Å². The molecule has 0 aliphatic rings. The third-order valence-corrected chi connectivity index (χ3v) is 9.97. The quantitative estimate of drug-likeness (QED) is 0.0645. The van der Waals surface area contributed by atoms with Crippen molar-refractivity contribution in [2.75, 3.05) is 0 Å². The summed E-state index contributed by atoms with van der Waals surface area (Å²) in [7, 11) is 2.82. The smallest absolute Gasteiger partial charge is 0.209 e. The van der Waals surface area contributed by atoms with Gasteiger partial charge in [0.1, 0.15) is 15.1 Å². The van der Waals surface area contributed by atoms with Crippen LogP contribution in [-0.4, -0.2) is 70.4 Å². The second kappa shape index (κ2) is 25.9. The summed E-state index contributed by atoms with van der Waals surface area (Å²) in [6.07, 6.45) is 36.9. The first kappa shape index (κ1) is 51.4. The number of nitrogens with zero attached hydrogens (tertiary/aromatic N) is 6. The normalized spacial score (nSPS) is 14.1. The van der Waals surface area contributed by atoms with Gasteiger partial charge in [-0.25, -0.2) is 15.0 Å². The molecule has 0 bridgehead atoms. The molecule has 0 atom stereocenters. The fourth-order valence-electron chi connectivity index (χ4n) is 6.76. The van der Waals surface area contributed by atoms with Crippen molar-refractivity contribution >= 4 is 99.5 Å². The molecule has 0 aromatic carbocycles. The summed E-state index contributed by atoms with van der Waals surface area (Å²) in [6.45, 7) is 38.6. The Hall–Kier alpha value is -7.19. The van der Waals surface area contributed by atoms with Gasteiger partial charge in [0.15, 0.2) is 17.5 Å². The van der Waals surface area contributed by atoms with Gasteiger partial charge in [0.2, 0.25) is 0 Å². The second-order valence-electron chi connectivity index (χ2n) is 14.7. The molecule has 4 heterocycles. The summed E-state index contributed by atoms with van der Waals surface area (Å²) in [5.41, 5.74) is 9.71. The summed E-state index contributed by atoms with van der Waals surface area (Å²) in [6, 6.07) is 0.450. The average molecular weight is 868 g/mol. The van der Waals surface area contributed by atoms with Crippen LogP contribution in [0.5, 0.6) is 0 Å². The third-order valence-electron chi connectivity index (χ3n) is 9.97. The average Bonchev–Trinajstić information content (AvgIpc) is 3.99. The second-order valence-corrected chi connectivity index (χ2v) is 14.7. The van der Waals surface area contributed by atoms with E-state index >= 15 is 0 Å². The molecule has 4 aromatic rings. The first-order valence-electron chi connectivity index (χ1n) is 22.2. The van der Waals surface area contributed by atoms with Crippen molar-refractivity contribution < 1.29 is 8.83 Å². The molecule has 4 rings (SSSR count). The van der Waals surface area contributed by atoms with Gasteiger partial charge in [-0.3, -0.25) is 0 Å². The molecule has 0 spiro atoms. The number of allylic oxidation sites excluding steroid dienone is 18. The standard InChI is InChI=1S/C54H60B4N6O2/c1-14-22-23-24-28-43(55)52-62-50(61-51(63-52)40(25-15-2)29-30-56-11)37(10)32-48-44(21-8)59-53(65-48)39(19-6)33-38(18-5)36(9)31-42-41(20-7)46(27-17-4)64(47(42)34-57-12)54-60-45(26-16-3)49(66-54)35-58-13/h14-35,56H,2,5,7,10,55H2,1,3-4,6,8-9,11-13H3/b22-14-,24-23-,26-16-,27-17-,30-29-,36-31+,38-33+,39-19+,40-25+,43-28-,44-21+,48-32+. The van der Waals surface area contributed by atoms with Gasteiger partial charge in [0, 0.05) is 11.1 Å². The van der Waals surface area contributed by atoms with Crippen LogP contribution in [0.2, 0.25) is 20.5 Å². The summed E-state index contributed by atoms with van der Waals surface area (Å²) in [4.78, 5) is 24.4. The maximum atomic E-state index is 6.53. The summed E-state index contributed by atoms with van der Waals surface area (Å²) in [5.74, 6) is 8.58. The molecule has 0 fully saturated rings. The van der Waals surface area contributed by atoms with Crippen LogP contribution in [0.3, 0.4) is 0 Å². The predicted octanol–water partition coefficient (Wildman–Crippen LogP) is 9.74. The molecule has 0 saturated heterocycles. The van der Waals surface area contributed by atoms with E-state index in [-0.39, 0.29) is 0 Å². The number of aromatic nitrogens is 6. The van der Waals surface area contributed by atoms with Crippen molar-refractivity contribution in [3.8, 4) is 6.01 Å². The number of hydrogen-bond donors (Lipinski definition) is 0. The Kier molecular flexibility index (Phi) is 20.2. The van der Waals surface area contributed by atoms with E-state index in [9.17, 15) is 0 Å². The fraction of sp³-hybridized carbons (Fsp3) is 0.167. The molecule has 8 nitrogen and oxygen atoms in total. The predicted molar refractivity (Wildman–Crippen MR) is 295 cm³/mol. The van der Waals surface area contributed by atoms with Crippen molar-refractivity contribution in [3.05, 3.63) is 191 Å². The van der Waals surface area contributed by atoms with E-state index in [0.717, 1.165) is 63.3 Å². The number of hydrogen-bond acceptors (Lipinski definition) is 7. The summed E-state index contributed by atoms with van der Waals surface area (Å²) in [5, 5.41) is 0.648. The van der Waals surface area contributed by atoms with E-state index < -0.39 is 0 Å². The molecular formula is C54H60B4N6O2. The van der Waals surface area contributed by atoms with Gasteiger partial charge < -0.3 is 0 Å². The van der Waals surface area contributed by atoms with Crippen molar-refractivity contribution in [3.63, 3.8) is 0 Å². The molecule has 0 radical (unpaired) electrons. The van der Waals surface area contributed by atoms with Crippen LogP contribution in [0, 0.1) is 0 Å². The molecule has 0 aliphatic heterocycles. The van der Waals surface area contributed by atoms with Gasteiger partial charge in [0.25, 0.3) is 0 Å². The molecule has 66 heavy (non-hydrogen) atoms. The molecule has 12 heteroatoms. The Morgan fingerprint density at radius 2 is 1.52 bits per heavy atom. The monoisotopic (exact) mass is 869 g/mol. The minimum Gasteiger partial charge on any atom is -0.209 e. The van der Waals surface area contributed by atoms with Crippen LogP contribution in [0.4, 0.5) is 0 Å². The van der Waals surface area contributed by atoms with E-state index in [0.29, 0.717) is 51.5 Å². The molecule has 0 amide bonds. The zero-order valence-electron chi connectivity index (χ0n) is 40.4. The third kappa shape index (κ3) is 12.7. The van der Waals surface area contributed by atoms with Gasteiger partial charge in [-0.05, 0) is 19.3 Å². The van der Waals surface area contributed by atoms with E-state index in [4.69, 9.17) is 33.8 Å². The minimum absolute atomic E-state index is 0.405. The van der Waals surface area contributed by atoms with Gasteiger partial charge >= 0.3 is 244 Å². The molecular weight excluding hydrogens is 808 g/mol. The van der Waals surface area contributed by atoms with Gasteiger partial charge in [0.05, 0.1) is 0 Å². The van der Waals surface area contributed by atoms with Crippen LogP contribution >= 0.6 is 0 Å². The first-order valence-corrected chi connectivity index (χ1v) is 22.2. The van der Waals surface area contributed by atoms with Gasteiger partial charge in [-0.1, -0.05) is 68.6 Å². The fourth-order valence-corrected chi connectivity index (χ4v) is 6.76. The topological polar surface area (TPSA) is 95.7 Å². The van der Waals surface area contributed by atoms with Crippen molar-refractivity contribution in [1.82, 2.24) is 29.5 Å². The number of rotatable bonds is 20. The molecule has 4 aromatic heterocycles. The SMILES string of the molecule is B\C(=C/C=C\C=C/C)c1nc(C(=C)/C=c2/oc(C(/C=C(C=C)/C(C)=C/c3c(C=C)c(/C=C\C)n(-c4nc(/C=C\C)c(/C=B\C)o4)c3/C=B\C)=C/C)n/c2=C/C)nc(C(/C=C\BC)=C/C=C)n1. The molecule has 0 aliphatic carbocycles. The number of oxazole rings is 2. The molecule has 330 valence electrons. The first-order chi connectivity index (χ1) is 32.0. The zero-order valence-corrected chi connectivity index (χ0v) is 40.4. The van der Waals surface area contributed by atoms with E-state index in [1.807, 2.05) is 184 Å². The summed E-state index contributed by atoms with van der Waals surface area (Å²) < 4.78 is 15.0. The van der Waals surface area contributed by atoms with Crippen LogP contribution < -0.4 is 10.8 Å². The molecule has 0 unspecified atom stereocenters. The van der Waals surface area contributed by atoms with Crippen LogP contribution in [0.15, 0.2) is 131 Å². The van der Waals surface area contributed by atoms with E-state index in [1.54, 1.807) is 6.08 Å². The van der Waals surface area contributed by atoms with Crippen molar-refractivity contribution in [1.29, 1.82) is 0 Å². The van der Waals surface area contributed by atoms with Crippen molar-refractivity contribution in [2.24, 2.45) is 0 Å². The molecule has 0 N–H and O–H groups in total. The Morgan fingerprint density at radius 3 is 2.14 bits per heavy atom. The molecule has 0 saturated carbocycles. The van der Waals surface area contributed by atoms with E-state index in [1.165, 1.54) is 0 Å². The van der Waals surface area contributed by atoms with Gasteiger partial charge in [-0.2, -0.15) is 0 Å². The Morgan fingerprint density at radius 1 is 0.788 bits per heavy atom. The van der Waals surface area contributed by atoms with E-state index in [2.05, 4.69) is 58.1 Å². The van der Waals surface area contributed by atoms with Crippen LogP contribution in [-0.2, 0) is 0 Å². The van der Waals surface area contributed by atoms with Crippen LogP contribution in [0.1, 0.15) is 98.9 Å². The van der Waals surface area contributed by atoms with Gasteiger partial charge in [-0.15, -0.1) is 5.98 Å². The van der Waals surface area contributed by atoms with Crippen LogP contribution in [0.25, 0.3) is 64.7 Å². The maximum absolute atomic E-state index is 6.53. The summed E-state index contributed by atoms with van der Waals surface area (Å²) >= 11 is 0. The zero-order chi connectivity index (χ0) is 48.2. The Bertz CT molecular complexity index is 2940. The minimum atomic E-state index is 0.405. The Balaban J connectivity index is 1.88. The van der Waals surface area contributed by atoms with Crippen molar-refractivity contribution in [2.45, 2.75) is 62.0 Å².